The van der Waals surface area contributed by atoms with Crippen LogP contribution in [0.3, 0.4) is 0 Å². The Morgan fingerprint density at radius 1 is 1.70 bits per heavy atom. The van der Waals surface area contributed by atoms with Crippen molar-refractivity contribution in [1.29, 1.82) is 0 Å². The van der Waals surface area contributed by atoms with Gasteiger partial charge in [0, 0.05) is 7.11 Å². The first kappa shape index (κ1) is 8.02. The summed E-state index contributed by atoms with van der Waals surface area (Å²) in [6.07, 6.45) is 0.886. The summed E-state index contributed by atoms with van der Waals surface area (Å²) in [5, 5.41) is 9.40. The second-order valence-corrected chi connectivity index (χ2v) is 3.82. The molecule has 1 N–H and O–H groups in total. The SMILES string of the molecule is COCC(O)C1CC1(C)C. The lowest BCUT2D eigenvalue weighted by Crippen LogP contribution is -2.18. The summed E-state index contributed by atoms with van der Waals surface area (Å²) < 4.78 is 4.85. The first-order valence-electron chi connectivity index (χ1n) is 3.75. The minimum atomic E-state index is -0.250. The fraction of sp³-hybridized carbons (Fsp3) is 1.00. The molecule has 0 aromatic heterocycles. The quantitative estimate of drug-likeness (QED) is 0.641. The van der Waals surface area contributed by atoms with Gasteiger partial charge in [-0.3, -0.25) is 0 Å². The van der Waals surface area contributed by atoms with Gasteiger partial charge in [0.25, 0.3) is 0 Å². The van der Waals surface area contributed by atoms with Crippen LogP contribution in [0.25, 0.3) is 0 Å². The van der Waals surface area contributed by atoms with Gasteiger partial charge in [0.1, 0.15) is 0 Å². The van der Waals surface area contributed by atoms with Crippen molar-refractivity contribution in [3.63, 3.8) is 0 Å². The Labute approximate surface area is 62.2 Å². The number of aliphatic hydroxyl groups is 1. The third-order valence-corrected chi connectivity index (χ3v) is 2.39. The predicted molar refractivity (Wildman–Crippen MR) is 39.8 cm³/mol. The molecule has 0 radical (unpaired) electrons. The van der Waals surface area contributed by atoms with E-state index in [1.165, 1.54) is 0 Å². The molecule has 0 bridgehead atoms. The zero-order valence-electron chi connectivity index (χ0n) is 6.92. The average molecular weight is 144 g/mol. The van der Waals surface area contributed by atoms with Crippen molar-refractivity contribution < 1.29 is 9.84 Å². The van der Waals surface area contributed by atoms with E-state index < -0.39 is 0 Å². The highest BCUT2D eigenvalue weighted by atomic mass is 16.5. The van der Waals surface area contributed by atoms with E-state index >= 15 is 0 Å². The molecule has 1 fully saturated rings. The molecule has 2 atom stereocenters. The Kier molecular flexibility index (Phi) is 2.02. The van der Waals surface area contributed by atoms with Crippen LogP contribution in [0.1, 0.15) is 20.3 Å². The third kappa shape index (κ3) is 1.50. The Balaban J connectivity index is 2.25. The highest BCUT2D eigenvalue weighted by Gasteiger charge is 2.49. The highest BCUT2D eigenvalue weighted by molar-refractivity contribution is 4.98. The molecule has 2 unspecified atom stereocenters. The van der Waals surface area contributed by atoms with Gasteiger partial charge in [-0.25, -0.2) is 0 Å². The lowest BCUT2D eigenvalue weighted by Gasteiger charge is -2.10. The van der Waals surface area contributed by atoms with Gasteiger partial charge in [-0.2, -0.15) is 0 Å². The zero-order valence-corrected chi connectivity index (χ0v) is 6.92. The fourth-order valence-corrected chi connectivity index (χ4v) is 1.45. The number of ether oxygens (including phenoxy) is 1. The lowest BCUT2D eigenvalue weighted by molar-refractivity contribution is 0.0430. The van der Waals surface area contributed by atoms with Crippen LogP contribution in [-0.2, 0) is 4.74 Å². The summed E-state index contributed by atoms with van der Waals surface area (Å²) in [4.78, 5) is 0. The maximum Gasteiger partial charge on any atom is 0.0806 e. The monoisotopic (exact) mass is 144 g/mol. The second-order valence-electron chi connectivity index (χ2n) is 3.82. The van der Waals surface area contributed by atoms with Crippen molar-refractivity contribution in [3.8, 4) is 0 Å². The molecule has 0 aromatic carbocycles. The minimum absolute atomic E-state index is 0.250. The zero-order chi connectivity index (χ0) is 7.78. The summed E-state index contributed by atoms with van der Waals surface area (Å²) in [6, 6.07) is 0. The van der Waals surface area contributed by atoms with Crippen molar-refractivity contribution in [1.82, 2.24) is 0 Å². The summed E-state index contributed by atoms with van der Waals surface area (Å²) in [5.41, 5.74) is 0.359. The second kappa shape index (κ2) is 2.51. The maximum absolute atomic E-state index is 9.40. The molecular weight excluding hydrogens is 128 g/mol. The van der Waals surface area contributed by atoms with Crippen LogP contribution in [0.5, 0.6) is 0 Å². The molecule has 1 saturated carbocycles. The standard InChI is InChI=1S/C8H16O2/c1-8(2)4-6(8)7(9)5-10-3/h6-7,9H,4-5H2,1-3H3. The topological polar surface area (TPSA) is 29.5 Å². The van der Waals surface area contributed by atoms with E-state index in [4.69, 9.17) is 4.74 Å². The van der Waals surface area contributed by atoms with Crippen LogP contribution in [0, 0.1) is 11.3 Å². The van der Waals surface area contributed by atoms with Crippen LogP contribution in [0.4, 0.5) is 0 Å². The van der Waals surface area contributed by atoms with Gasteiger partial charge in [-0.05, 0) is 17.8 Å². The molecule has 0 aliphatic heterocycles. The van der Waals surface area contributed by atoms with Crippen LogP contribution in [0.15, 0.2) is 0 Å². The highest BCUT2D eigenvalue weighted by Crippen LogP contribution is 2.53. The predicted octanol–water partition coefficient (Wildman–Crippen LogP) is 1.04. The van der Waals surface area contributed by atoms with Gasteiger partial charge in [0.05, 0.1) is 12.7 Å². The minimum Gasteiger partial charge on any atom is -0.390 e. The van der Waals surface area contributed by atoms with Crippen molar-refractivity contribution in [2.24, 2.45) is 11.3 Å². The Morgan fingerprint density at radius 2 is 2.20 bits per heavy atom. The van der Waals surface area contributed by atoms with Crippen molar-refractivity contribution in [2.45, 2.75) is 26.4 Å². The molecule has 0 spiro atoms. The first-order valence-corrected chi connectivity index (χ1v) is 3.75. The van der Waals surface area contributed by atoms with Crippen LogP contribution >= 0.6 is 0 Å². The summed E-state index contributed by atoms with van der Waals surface area (Å²) >= 11 is 0. The van der Waals surface area contributed by atoms with E-state index in [1.807, 2.05) is 0 Å². The lowest BCUT2D eigenvalue weighted by atomic mass is 10.1. The fourth-order valence-electron chi connectivity index (χ4n) is 1.45. The van der Waals surface area contributed by atoms with Crippen molar-refractivity contribution in [3.05, 3.63) is 0 Å². The summed E-state index contributed by atoms with van der Waals surface area (Å²) in [7, 11) is 1.62. The normalized spacial score (nSPS) is 31.8. The van der Waals surface area contributed by atoms with E-state index in [2.05, 4.69) is 13.8 Å². The number of methoxy groups -OCH3 is 1. The molecule has 2 heteroatoms. The molecule has 1 aliphatic carbocycles. The average Bonchev–Trinajstić information content (AvgIpc) is 2.41. The number of aliphatic hydroxyl groups excluding tert-OH is 1. The molecule has 0 aromatic rings. The number of rotatable bonds is 3. The number of hydrogen-bond donors (Lipinski definition) is 1. The van der Waals surface area contributed by atoms with Crippen LogP contribution < -0.4 is 0 Å². The van der Waals surface area contributed by atoms with Gasteiger partial charge in [0.15, 0.2) is 0 Å². The van der Waals surface area contributed by atoms with Crippen molar-refractivity contribution in [2.75, 3.05) is 13.7 Å². The largest absolute Gasteiger partial charge is 0.390 e. The smallest absolute Gasteiger partial charge is 0.0806 e. The van der Waals surface area contributed by atoms with Gasteiger partial charge < -0.3 is 9.84 Å². The van der Waals surface area contributed by atoms with E-state index in [0.29, 0.717) is 17.9 Å². The summed E-state index contributed by atoms with van der Waals surface area (Å²) in [6.45, 7) is 4.83. The van der Waals surface area contributed by atoms with Crippen molar-refractivity contribution >= 4 is 0 Å². The van der Waals surface area contributed by atoms with Gasteiger partial charge in [0.2, 0.25) is 0 Å². The Hall–Kier alpha value is -0.0800. The van der Waals surface area contributed by atoms with Gasteiger partial charge in [-0.15, -0.1) is 0 Å². The van der Waals surface area contributed by atoms with Gasteiger partial charge in [-0.1, -0.05) is 13.8 Å². The number of hydrogen-bond acceptors (Lipinski definition) is 2. The molecule has 0 amide bonds. The van der Waals surface area contributed by atoms with Crippen LogP contribution in [-0.4, -0.2) is 24.9 Å². The van der Waals surface area contributed by atoms with E-state index in [0.717, 1.165) is 6.42 Å². The first-order chi connectivity index (χ1) is 4.58. The van der Waals surface area contributed by atoms with Gasteiger partial charge >= 0.3 is 0 Å². The molecule has 60 valence electrons. The third-order valence-electron chi connectivity index (χ3n) is 2.39. The summed E-state index contributed by atoms with van der Waals surface area (Å²) in [5.74, 6) is 0.465. The van der Waals surface area contributed by atoms with E-state index in [9.17, 15) is 5.11 Å². The molecular formula is C8H16O2. The Morgan fingerprint density at radius 3 is 2.50 bits per heavy atom. The van der Waals surface area contributed by atoms with E-state index in [1.54, 1.807) is 7.11 Å². The maximum atomic E-state index is 9.40. The molecule has 0 saturated heterocycles. The molecule has 1 rings (SSSR count). The molecule has 10 heavy (non-hydrogen) atoms. The molecule has 0 heterocycles. The van der Waals surface area contributed by atoms with Crippen LogP contribution in [0.2, 0.25) is 0 Å². The molecule has 2 nitrogen and oxygen atoms in total. The molecule has 1 aliphatic rings. The Bertz CT molecular complexity index is 120. The van der Waals surface area contributed by atoms with E-state index in [-0.39, 0.29) is 6.10 Å².